The van der Waals surface area contributed by atoms with Crippen LogP contribution in [0.4, 0.5) is 5.69 Å². The third-order valence-corrected chi connectivity index (χ3v) is 3.75. The van der Waals surface area contributed by atoms with Crippen LogP contribution in [0.15, 0.2) is 42.5 Å². The average molecular weight is 269 g/mol. The highest BCUT2D eigenvalue weighted by molar-refractivity contribution is 5.47. The summed E-state index contributed by atoms with van der Waals surface area (Å²) in [4.78, 5) is 0. The number of hydrogen-bond donors (Lipinski definition) is 2. The fourth-order valence-electron chi connectivity index (χ4n) is 2.32. The van der Waals surface area contributed by atoms with Gasteiger partial charge < -0.3 is 10.4 Å². The van der Waals surface area contributed by atoms with Crippen LogP contribution in [-0.2, 0) is 13.0 Å². The maximum absolute atomic E-state index is 8.89. The minimum absolute atomic E-state index is 0.250. The molecule has 20 heavy (non-hydrogen) atoms. The van der Waals surface area contributed by atoms with Gasteiger partial charge in [0.2, 0.25) is 0 Å². The van der Waals surface area contributed by atoms with E-state index in [1.807, 2.05) is 0 Å². The van der Waals surface area contributed by atoms with Gasteiger partial charge in [-0.2, -0.15) is 0 Å². The lowest BCUT2D eigenvalue weighted by molar-refractivity contribution is 0.288. The third kappa shape index (κ3) is 3.84. The molecule has 0 unspecified atom stereocenters. The number of benzene rings is 2. The number of aryl methyl sites for hydroxylation is 2. The molecule has 0 spiro atoms. The van der Waals surface area contributed by atoms with Crippen LogP contribution in [0.3, 0.4) is 0 Å². The van der Waals surface area contributed by atoms with E-state index in [9.17, 15) is 0 Å². The standard InChI is InChI=1S/C18H23NO/c1-14-6-3-9-17(15(14)2)13-19-18-10-4-7-16(12-18)8-5-11-20/h3-4,6-7,9-10,12,19-20H,5,8,11,13H2,1-2H3. The molecule has 0 atom stereocenters. The summed E-state index contributed by atoms with van der Waals surface area (Å²) in [5.74, 6) is 0. The number of rotatable bonds is 6. The molecule has 2 rings (SSSR count). The van der Waals surface area contributed by atoms with Crippen molar-refractivity contribution < 1.29 is 5.11 Å². The van der Waals surface area contributed by atoms with Crippen molar-refractivity contribution in [3.05, 3.63) is 64.7 Å². The Kier molecular flexibility index (Phi) is 5.19. The highest BCUT2D eigenvalue weighted by Gasteiger charge is 2.01. The minimum atomic E-state index is 0.250. The Hall–Kier alpha value is -1.80. The maximum Gasteiger partial charge on any atom is 0.0434 e. The van der Waals surface area contributed by atoms with Crippen molar-refractivity contribution in [2.45, 2.75) is 33.2 Å². The molecule has 0 radical (unpaired) electrons. The first-order chi connectivity index (χ1) is 9.70. The fraction of sp³-hybridized carbons (Fsp3) is 0.333. The lowest BCUT2D eigenvalue weighted by Crippen LogP contribution is -2.02. The van der Waals surface area contributed by atoms with Gasteiger partial charge in [-0.05, 0) is 61.1 Å². The van der Waals surface area contributed by atoms with Gasteiger partial charge in [-0.1, -0.05) is 30.3 Å². The van der Waals surface area contributed by atoms with Gasteiger partial charge in [0.1, 0.15) is 0 Å². The Morgan fingerprint density at radius 2 is 1.85 bits per heavy atom. The number of aliphatic hydroxyl groups excluding tert-OH is 1. The first-order valence-corrected chi connectivity index (χ1v) is 7.19. The van der Waals surface area contributed by atoms with Crippen molar-refractivity contribution in [1.29, 1.82) is 0 Å². The van der Waals surface area contributed by atoms with E-state index in [1.54, 1.807) is 0 Å². The zero-order valence-electron chi connectivity index (χ0n) is 12.3. The zero-order chi connectivity index (χ0) is 14.4. The second kappa shape index (κ2) is 7.11. The fourth-order valence-corrected chi connectivity index (χ4v) is 2.32. The third-order valence-electron chi connectivity index (χ3n) is 3.75. The van der Waals surface area contributed by atoms with Crippen LogP contribution >= 0.6 is 0 Å². The van der Waals surface area contributed by atoms with Gasteiger partial charge >= 0.3 is 0 Å². The largest absolute Gasteiger partial charge is 0.396 e. The molecule has 0 fully saturated rings. The van der Waals surface area contributed by atoms with Gasteiger partial charge in [0.15, 0.2) is 0 Å². The van der Waals surface area contributed by atoms with Crippen molar-refractivity contribution in [3.63, 3.8) is 0 Å². The molecule has 0 aliphatic heterocycles. The van der Waals surface area contributed by atoms with Crippen LogP contribution in [0.2, 0.25) is 0 Å². The molecule has 2 heteroatoms. The molecule has 0 aromatic heterocycles. The van der Waals surface area contributed by atoms with Gasteiger partial charge in [-0.15, -0.1) is 0 Å². The summed E-state index contributed by atoms with van der Waals surface area (Å²) >= 11 is 0. The summed E-state index contributed by atoms with van der Waals surface area (Å²) < 4.78 is 0. The SMILES string of the molecule is Cc1cccc(CNc2cccc(CCCO)c2)c1C. The van der Waals surface area contributed by atoms with Crippen molar-refractivity contribution in [2.24, 2.45) is 0 Å². The van der Waals surface area contributed by atoms with E-state index in [1.165, 1.54) is 22.3 Å². The molecule has 0 amide bonds. The molecule has 0 saturated carbocycles. The highest BCUT2D eigenvalue weighted by Crippen LogP contribution is 2.16. The molecule has 0 heterocycles. The molecular formula is C18H23NO. The first-order valence-electron chi connectivity index (χ1n) is 7.19. The van der Waals surface area contributed by atoms with Gasteiger partial charge in [0.25, 0.3) is 0 Å². The summed E-state index contributed by atoms with van der Waals surface area (Å²) in [6.07, 6.45) is 1.75. The Balaban J connectivity index is 2.01. The quantitative estimate of drug-likeness (QED) is 0.835. The maximum atomic E-state index is 8.89. The number of hydrogen-bond acceptors (Lipinski definition) is 2. The normalized spacial score (nSPS) is 10.6. The number of nitrogens with one attached hydrogen (secondary N) is 1. The van der Waals surface area contributed by atoms with E-state index < -0.39 is 0 Å². The van der Waals surface area contributed by atoms with Gasteiger partial charge in [-0.25, -0.2) is 0 Å². The lowest BCUT2D eigenvalue weighted by atomic mass is 10.0. The Labute approximate surface area is 121 Å². The first kappa shape index (κ1) is 14.6. The lowest BCUT2D eigenvalue weighted by Gasteiger charge is -2.12. The monoisotopic (exact) mass is 269 g/mol. The van der Waals surface area contributed by atoms with E-state index in [-0.39, 0.29) is 6.61 Å². The summed E-state index contributed by atoms with van der Waals surface area (Å²) in [7, 11) is 0. The molecule has 106 valence electrons. The van der Waals surface area contributed by atoms with E-state index in [4.69, 9.17) is 5.11 Å². The van der Waals surface area contributed by atoms with Crippen molar-refractivity contribution >= 4 is 5.69 Å². The highest BCUT2D eigenvalue weighted by atomic mass is 16.2. The summed E-state index contributed by atoms with van der Waals surface area (Å²) in [6, 6.07) is 14.9. The molecular weight excluding hydrogens is 246 g/mol. The molecule has 0 saturated heterocycles. The van der Waals surface area contributed by atoms with Gasteiger partial charge in [0.05, 0.1) is 0 Å². The summed E-state index contributed by atoms with van der Waals surface area (Å²) in [5, 5.41) is 12.4. The predicted molar refractivity (Wildman–Crippen MR) is 85.1 cm³/mol. The van der Waals surface area contributed by atoms with Crippen molar-refractivity contribution in [3.8, 4) is 0 Å². The second-order valence-corrected chi connectivity index (χ2v) is 5.24. The van der Waals surface area contributed by atoms with E-state index in [0.717, 1.165) is 25.1 Å². The summed E-state index contributed by atoms with van der Waals surface area (Å²) in [5.41, 5.74) is 6.44. The predicted octanol–water partition coefficient (Wildman–Crippen LogP) is 3.84. The van der Waals surface area contributed by atoms with Crippen LogP contribution in [0.1, 0.15) is 28.7 Å². The van der Waals surface area contributed by atoms with Gasteiger partial charge in [-0.3, -0.25) is 0 Å². The number of anilines is 1. The van der Waals surface area contributed by atoms with Crippen LogP contribution in [0.25, 0.3) is 0 Å². The second-order valence-electron chi connectivity index (χ2n) is 5.24. The molecule has 2 N–H and O–H groups in total. The number of aliphatic hydroxyl groups is 1. The molecule has 0 aliphatic rings. The van der Waals surface area contributed by atoms with E-state index in [2.05, 4.69) is 61.6 Å². The van der Waals surface area contributed by atoms with Gasteiger partial charge in [0, 0.05) is 18.8 Å². The van der Waals surface area contributed by atoms with E-state index in [0.29, 0.717) is 0 Å². The molecule has 2 nitrogen and oxygen atoms in total. The Morgan fingerprint density at radius 1 is 1.05 bits per heavy atom. The topological polar surface area (TPSA) is 32.3 Å². The van der Waals surface area contributed by atoms with Crippen LogP contribution in [0.5, 0.6) is 0 Å². The summed E-state index contributed by atoms with van der Waals surface area (Å²) in [6.45, 7) is 5.41. The van der Waals surface area contributed by atoms with Crippen LogP contribution in [0, 0.1) is 13.8 Å². The smallest absolute Gasteiger partial charge is 0.0434 e. The molecule has 0 bridgehead atoms. The van der Waals surface area contributed by atoms with E-state index >= 15 is 0 Å². The van der Waals surface area contributed by atoms with Crippen LogP contribution in [-0.4, -0.2) is 11.7 Å². The molecule has 2 aromatic rings. The minimum Gasteiger partial charge on any atom is -0.396 e. The average Bonchev–Trinajstić information content (AvgIpc) is 2.47. The Bertz CT molecular complexity index is 563. The zero-order valence-corrected chi connectivity index (χ0v) is 12.3. The van der Waals surface area contributed by atoms with Crippen molar-refractivity contribution in [2.75, 3.05) is 11.9 Å². The van der Waals surface area contributed by atoms with Crippen molar-refractivity contribution in [1.82, 2.24) is 0 Å². The molecule has 0 aliphatic carbocycles. The molecule has 2 aromatic carbocycles. The Morgan fingerprint density at radius 3 is 2.65 bits per heavy atom. The van der Waals surface area contributed by atoms with Crippen LogP contribution < -0.4 is 5.32 Å².